The molecule has 2 saturated heterocycles. The molecule has 0 unspecified atom stereocenters. The number of ketones is 1. The average molecular weight is 635 g/mol. The van der Waals surface area contributed by atoms with Gasteiger partial charge in [0.2, 0.25) is 0 Å². The van der Waals surface area contributed by atoms with Crippen LogP contribution in [0.25, 0.3) is 0 Å². The number of Topliss-reactive ketones (excluding diaryl/α,β-unsaturated/α-hetero) is 1. The van der Waals surface area contributed by atoms with Crippen LogP contribution in [0.5, 0.6) is 0 Å². The average Bonchev–Trinajstić information content (AvgIpc) is 2.91. The molecule has 264 valence electrons. The normalized spacial score (nSPS) is 22.0. The molecule has 0 saturated carbocycles. The summed E-state index contributed by atoms with van der Waals surface area (Å²) in [6.45, 7) is 24.4. The van der Waals surface area contributed by atoms with E-state index >= 15 is 0 Å². The van der Waals surface area contributed by atoms with Crippen LogP contribution in [0, 0.1) is 5.92 Å². The Morgan fingerprint density at radius 3 is 1.62 bits per heavy atom. The Hall–Kier alpha value is -0.980. The van der Waals surface area contributed by atoms with Crippen LogP contribution in [0.1, 0.15) is 191 Å². The Labute approximate surface area is 279 Å². The van der Waals surface area contributed by atoms with Gasteiger partial charge in [-0.05, 0) is 94.0 Å². The SMILES string of the molecule is CCCCCCCCON1C(C)(C)CC(OC(=O)CCCC(=O)C2CC(C)(C)N(CCCCCCCC)C(C)(C)C2)CC1(C)C. The molecule has 0 spiro atoms. The largest absolute Gasteiger partial charge is 0.462 e. The molecule has 0 aromatic rings. The lowest BCUT2D eigenvalue weighted by atomic mass is 9.71. The number of carbonyl (C=O) groups is 2. The topological polar surface area (TPSA) is 59.1 Å². The van der Waals surface area contributed by atoms with Gasteiger partial charge in [-0.1, -0.05) is 78.1 Å². The van der Waals surface area contributed by atoms with Crippen LogP contribution in [-0.2, 0) is 19.2 Å². The summed E-state index contributed by atoms with van der Waals surface area (Å²) in [5.74, 6) is 0.214. The molecule has 45 heavy (non-hydrogen) atoms. The second kappa shape index (κ2) is 18.5. The lowest BCUT2D eigenvalue weighted by molar-refractivity contribution is -0.293. The number of unbranched alkanes of at least 4 members (excludes halogenated alkanes) is 10. The molecule has 0 bridgehead atoms. The highest BCUT2D eigenvalue weighted by atomic mass is 16.7. The number of hydrogen-bond acceptors (Lipinski definition) is 6. The first-order valence-electron chi connectivity index (χ1n) is 19.0. The Balaban J connectivity index is 1.77. The molecule has 0 aliphatic carbocycles. The van der Waals surface area contributed by atoms with Crippen LogP contribution in [0.4, 0.5) is 0 Å². The summed E-state index contributed by atoms with van der Waals surface area (Å²) in [6, 6.07) is 0. The van der Waals surface area contributed by atoms with E-state index in [2.05, 4.69) is 79.2 Å². The maximum Gasteiger partial charge on any atom is 0.306 e. The third kappa shape index (κ3) is 13.2. The van der Waals surface area contributed by atoms with Gasteiger partial charge in [-0.3, -0.25) is 19.3 Å². The van der Waals surface area contributed by atoms with Crippen molar-refractivity contribution in [1.82, 2.24) is 9.96 Å². The lowest BCUT2D eigenvalue weighted by Crippen LogP contribution is -2.62. The number of ether oxygens (including phenoxy) is 1. The number of likely N-dealkylation sites (tertiary alicyclic amines) is 1. The Morgan fingerprint density at radius 1 is 0.600 bits per heavy atom. The summed E-state index contributed by atoms with van der Waals surface area (Å²) in [4.78, 5) is 35.4. The van der Waals surface area contributed by atoms with E-state index in [9.17, 15) is 9.59 Å². The van der Waals surface area contributed by atoms with Gasteiger partial charge in [-0.25, -0.2) is 0 Å². The second-order valence-corrected chi connectivity index (χ2v) is 17.0. The molecule has 0 N–H and O–H groups in total. The number of rotatable bonds is 21. The van der Waals surface area contributed by atoms with Gasteiger partial charge in [0.1, 0.15) is 11.9 Å². The van der Waals surface area contributed by atoms with Crippen LogP contribution < -0.4 is 0 Å². The van der Waals surface area contributed by atoms with E-state index in [-0.39, 0.29) is 40.1 Å². The zero-order chi connectivity index (χ0) is 33.7. The van der Waals surface area contributed by atoms with Gasteiger partial charge >= 0.3 is 5.97 Å². The smallest absolute Gasteiger partial charge is 0.306 e. The van der Waals surface area contributed by atoms with E-state index < -0.39 is 0 Å². The van der Waals surface area contributed by atoms with Gasteiger partial charge in [0, 0.05) is 53.8 Å². The highest BCUT2D eigenvalue weighted by Gasteiger charge is 2.48. The fraction of sp³-hybridized carbons (Fsp3) is 0.949. The van der Waals surface area contributed by atoms with Crippen molar-refractivity contribution >= 4 is 11.8 Å². The quantitative estimate of drug-likeness (QED) is 0.0925. The predicted octanol–water partition coefficient (Wildman–Crippen LogP) is 10.2. The number of esters is 1. The Morgan fingerprint density at radius 2 is 1.09 bits per heavy atom. The van der Waals surface area contributed by atoms with E-state index in [0.29, 0.717) is 25.0 Å². The molecule has 6 nitrogen and oxygen atoms in total. The monoisotopic (exact) mass is 635 g/mol. The minimum Gasteiger partial charge on any atom is -0.462 e. The molecule has 2 rings (SSSR count). The number of hydroxylamine groups is 2. The molecule has 6 heteroatoms. The molecule has 2 aliphatic rings. The summed E-state index contributed by atoms with van der Waals surface area (Å²) in [7, 11) is 0. The predicted molar refractivity (Wildman–Crippen MR) is 188 cm³/mol. The third-order valence-electron chi connectivity index (χ3n) is 10.5. The standard InChI is InChI=1S/C39H74N2O4/c1-11-13-15-17-19-21-26-40-36(3,4)28-32(29-37(40,5)6)34(42)24-23-25-35(43)45-33-30-38(7,8)41(39(9,10)31-33)44-27-22-20-18-16-14-12-2/h32-33H,11-31H2,1-10H3. The summed E-state index contributed by atoms with van der Waals surface area (Å²) >= 11 is 0. The molecular weight excluding hydrogens is 560 g/mol. The first kappa shape index (κ1) is 40.2. The van der Waals surface area contributed by atoms with E-state index in [1.54, 1.807) is 0 Å². The van der Waals surface area contributed by atoms with Crippen LogP contribution in [0.2, 0.25) is 0 Å². The van der Waals surface area contributed by atoms with E-state index in [0.717, 1.165) is 45.3 Å². The van der Waals surface area contributed by atoms with Crippen molar-refractivity contribution < 1.29 is 19.2 Å². The summed E-state index contributed by atoms with van der Waals surface area (Å²) < 4.78 is 6.03. The number of nitrogens with zero attached hydrogens (tertiary/aromatic N) is 2. The van der Waals surface area contributed by atoms with E-state index in [4.69, 9.17) is 9.57 Å². The first-order chi connectivity index (χ1) is 21.1. The van der Waals surface area contributed by atoms with Crippen LogP contribution in [0.15, 0.2) is 0 Å². The number of hydrogen-bond donors (Lipinski definition) is 0. The highest BCUT2D eigenvalue weighted by molar-refractivity contribution is 5.82. The van der Waals surface area contributed by atoms with Crippen molar-refractivity contribution in [1.29, 1.82) is 0 Å². The van der Waals surface area contributed by atoms with Crippen molar-refractivity contribution in [2.45, 2.75) is 219 Å². The number of piperidine rings is 2. The van der Waals surface area contributed by atoms with Crippen molar-refractivity contribution in [3.05, 3.63) is 0 Å². The minimum absolute atomic E-state index is 0.00273. The van der Waals surface area contributed by atoms with Gasteiger partial charge in [0.25, 0.3) is 0 Å². The van der Waals surface area contributed by atoms with Gasteiger partial charge in [0.05, 0.1) is 6.61 Å². The summed E-state index contributed by atoms with van der Waals surface area (Å²) in [6.07, 6.45) is 19.8. The van der Waals surface area contributed by atoms with Gasteiger partial charge in [-0.2, -0.15) is 5.06 Å². The third-order valence-corrected chi connectivity index (χ3v) is 10.5. The Bertz CT molecular complexity index is 844. The fourth-order valence-electron chi connectivity index (χ4n) is 8.70. The molecule has 0 aromatic heterocycles. The fourth-order valence-corrected chi connectivity index (χ4v) is 8.70. The van der Waals surface area contributed by atoms with Gasteiger partial charge in [0.15, 0.2) is 0 Å². The maximum atomic E-state index is 13.4. The summed E-state index contributed by atoms with van der Waals surface area (Å²) in [5.41, 5.74) is -0.461. The minimum atomic E-state index is -0.228. The van der Waals surface area contributed by atoms with Crippen molar-refractivity contribution in [2.24, 2.45) is 5.92 Å². The van der Waals surface area contributed by atoms with E-state index in [1.807, 2.05) is 0 Å². The van der Waals surface area contributed by atoms with E-state index in [1.165, 1.54) is 70.6 Å². The molecule has 0 radical (unpaired) electrons. The molecule has 2 aliphatic heterocycles. The van der Waals surface area contributed by atoms with Crippen molar-refractivity contribution in [2.75, 3.05) is 13.2 Å². The van der Waals surface area contributed by atoms with Crippen LogP contribution in [-0.4, -0.2) is 63.1 Å². The maximum absolute atomic E-state index is 13.4. The van der Waals surface area contributed by atoms with Crippen molar-refractivity contribution in [3.8, 4) is 0 Å². The molecule has 0 amide bonds. The van der Waals surface area contributed by atoms with Crippen LogP contribution in [0.3, 0.4) is 0 Å². The number of carbonyl (C=O) groups excluding carboxylic acids is 2. The van der Waals surface area contributed by atoms with Gasteiger partial charge in [-0.15, -0.1) is 0 Å². The summed E-state index contributed by atoms with van der Waals surface area (Å²) in [5, 5.41) is 2.16. The van der Waals surface area contributed by atoms with Crippen molar-refractivity contribution in [3.63, 3.8) is 0 Å². The van der Waals surface area contributed by atoms with Gasteiger partial charge < -0.3 is 4.74 Å². The zero-order valence-corrected chi connectivity index (χ0v) is 31.5. The molecule has 2 heterocycles. The lowest BCUT2D eigenvalue weighted by Gasteiger charge is -2.55. The highest BCUT2D eigenvalue weighted by Crippen LogP contribution is 2.43. The molecule has 0 aromatic carbocycles. The second-order valence-electron chi connectivity index (χ2n) is 17.0. The molecule has 2 fully saturated rings. The molecule has 0 atom stereocenters. The zero-order valence-electron chi connectivity index (χ0n) is 31.5. The first-order valence-corrected chi connectivity index (χ1v) is 19.0. The van der Waals surface area contributed by atoms with Crippen LogP contribution >= 0.6 is 0 Å². The Kier molecular flexibility index (Phi) is 16.6. The molecular formula is C39H74N2O4.